The van der Waals surface area contributed by atoms with E-state index in [0.717, 1.165) is 5.69 Å². The normalized spacial score (nSPS) is 10.4. The predicted octanol–water partition coefficient (Wildman–Crippen LogP) is 1.25. The van der Waals surface area contributed by atoms with E-state index < -0.39 is 5.97 Å². The van der Waals surface area contributed by atoms with Gasteiger partial charge in [-0.25, -0.2) is 14.8 Å². The molecule has 0 bridgehead atoms. The molecule has 0 aromatic carbocycles. The van der Waals surface area contributed by atoms with Crippen LogP contribution in [-0.4, -0.2) is 27.6 Å². The number of hydrogen-bond donors (Lipinski definition) is 1. The molecule has 0 saturated carbocycles. The van der Waals surface area contributed by atoms with Crippen molar-refractivity contribution in [1.82, 2.24) is 14.5 Å². The van der Waals surface area contributed by atoms with Crippen molar-refractivity contribution in [2.75, 3.05) is 12.8 Å². The number of aryl methyl sites for hydroxylation is 2. The highest BCUT2D eigenvalue weighted by Crippen LogP contribution is 2.19. The number of anilines is 1. The van der Waals surface area contributed by atoms with Gasteiger partial charge in [0.05, 0.1) is 7.11 Å². The fourth-order valence-corrected chi connectivity index (χ4v) is 1.74. The molecule has 0 aliphatic carbocycles. The van der Waals surface area contributed by atoms with Crippen LogP contribution in [-0.2, 0) is 4.74 Å². The Morgan fingerprint density at radius 3 is 2.67 bits per heavy atom. The maximum Gasteiger partial charge on any atom is 0.360 e. The van der Waals surface area contributed by atoms with Crippen LogP contribution < -0.4 is 5.73 Å². The topological polar surface area (TPSA) is 83.0 Å². The van der Waals surface area contributed by atoms with Crippen molar-refractivity contribution in [1.29, 1.82) is 0 Å². The van der Waals surface area contributed by atoms with Crippen molar-refractivity contribution >= 4 is 11.8 Å². The lowest BCUT2D eigenvalue weighted by atomic mass is 10.3. The van der Waals surface area contributed by atoms with Crippen molar-refractivity contribution in [2.24, 2.45) is 0 Å². The Morgan fingerprint density at radius 2 is 2.06 bits per heavy atom. The van der Waals surface area contributed by atoms with Gasteiger partial charge in [0.15, 0.2) is 5.69 Å². The summed E-state index contributed by atoms with van der Waals surface area (Å²) in [7, 11) is 1.29. The number of nitrogens with two attached hydrogens (primary N) is 1. The first kappa shape index (κ1) is 12.1. The highest BCUT2D eigenvalue weighted by molar-refractivity contribution is 5.92. The summed E-state index contributed by atoms with van der Waals surface area (Å²) in [4.78, 5) is 20.0. The Balaban J connectivity index is 2.59. The first-order chi connectivity index (χ1) is 8.54. The summed E-state index contributed by atoms with van der Waals surface area (Å²) in [6.07, 6.45) is 0. The minimum atomic E-state index is -0.554. The average molecular weight is 246 g/mol. The number of imidazole rings is 1. The number of methoxy groups -OCH3 is 1. The SMILES string of the molecule is COC(=O)c1nc(C)n(-c2cccc(C)n2)c1N. The van der Waals surface area contributed by atoms with Gasteiger partial charge in [0.2, 0.25) is 0 Å². The molecule has 0 saturated heterocycles. The first-order valence-corrected chi connectivity index (χ1v) is 5.41. The second-order valence-electron chi connectivity index (χ2n) is 3.86. The third-order valence-electron chi connectivity index (χ3n) is 2.56. The lowest BCUT2D eigenvalue weighted by molar-refractivity contribution is 0.0596. The Hall–Kier alpha value is -2.37. The molecule has 6 heteroatoms. The van der Waals surface area contributed by atoms with Gasteiger partial charge >= 0.3 is 5.97 Å². The summed E-state index contributed by atoms with van der Waals surface area (Å²) in [5.74, 6) is 0.901. The van der Waals surface area contributed by atoms with Gasteiger partial charge in [-0.1, -0.05) is 6.07 Å². The second kappa shape index (κ2) is 4.48. The van der Waals surface area contributed by atoms with Crippen LogP contribution in [0.4, 0.5) is 5.82 Å². The van der Waals surface area contributed by atoms with Crippen molar-refractivity contribution in [3.8, 4) is 5.82 Å². The van der Waals surface area contributed by atoms with E-state index in [1.165, 1.54) is 7.11 Å². The van der Waals surface area contributed by atoms with Gasteiger partial charge in [-0.05, 0) is 26.0 Å². The van der Waals surface area contributed by atoms with E-state index in [-0.39, 0.29) is 11.5 Å². The molecule has 6 nitrogen and oxygen atoms in total. The van der Waals surface area contributed by atoms with Gasteiger partial charge in [-0.15, -0.1) is 0 Å². The molecular formula is C12H14N4O2. The smallest absolute Gasteiger partial charge is 0.360 e. The quantitative estimate of drug-likeness (QED) is 0.806. The van der Waals surface area contributed by atoms with E-state index in [2.05, 4.69) is 14.7 Å². The second-order valence-corrected chi connectivity index (χ2v) is 3.86. The van der Waals surface area contributed by atoms with Gasteiger partial charge in [-0.3, -0.25) is 4.57 Å². The van der Waals surface area contributed by atoms with Gasteiger partial charge in [-0.2, -0.15) is 0 Å². The van der Waals surface area contributed by atoms with Gasteiger partial charge in [0.1, 0.15) is 17.5 Å². The van der Waals surface area contributed by atoms with Crippen molar-refractivity contribution in [3.05, 3.63) is 35.4 Å². The fraction of sp³-hybridized carbons (Fsp3) is 0.250. The molecule has 94 valence electrons. The van der Waals surface area contributed by atoms with Crippen molar-refractivity contribution in [2.45, 2.75) is 13.8 Å². The summed E-state index contributed by atoms with van der Waals surface area (Å²) >= 11 is 0. The molecule has 2 aromatic heterocycles. The van der Waals surface area contributed by atoms with Crippen LogP contribution in [0.1, 0.15) is 22.0 Å². The third-order valence-corrected chi connectivity index (χ3v) is 2.56. The Labute approximate surface area is 104 Å². The van der Waals surface area contributed by atoms with Crippen LogP contribution in [0.2, 0.25) is 0 Å². The summed E-state index contributed by atoms with van der Waals surface area (Å²) in [6, 6.07) is 5.56. The lowest BCUT2D eigenvalue weighted by Gasteiger charge is -2.07. The van der Waals surface area contributed by atoms with Gasteiger partial charge in [0.25, 0.3) is 0 Å². The molecule has 2 rings (SSSR count). The van der Waals surface area contributed by atoms with Crippen LogP contribution in [0.5, 0.6) is 0 Å². The summed E-state index contributed by atoms with van der Waals surface area (Å²) in [5, 5.41) is 0. The van der Waals surface area contributed by atoms with Crippen LogP contribution in [0.15, 0.2) is 18.2 Å². The first-order valence-electron chi connectivity index (χ1n) is 5.41. The summed E-state index contributed by atoms with van der Waals surface area (Å²) < 4.78 is 6.25. The number of hydrogen-bond acceptors (Lipinski definition) is 5. The molecule has 18 heavy (non-hydrogen) atoms. The van der Waals surface area contributed by atoms with E-state index in [4.69, 9.17) is 5.73 Å². The minimum absolute atomic E-state index is 0.110. The molecule has 0 amide bonds. The number of nitrogens with zero attached hydrogens (tertiary/aromatic N) is 3. The zero-order chi connectivity index (χ0) is 13.3. The largest absolute Gasteiger partial charge is 0.464 e. The minimum Gasteiger partial charge on any atom is -0.464 e. The number of nitrogen functional groups attached to an aromatic ring is 1. The maximum atomic E-state index is 11.5. The number of ether oxygens (including phenoxy) is 1. The van der Waals surface area contributed by atoms with E-state index >= 15 is 0 Å². The molecule has 0 spiro atoms. The lowest BCUT2D eigenvalue weighted by Crippen LogP contribution is -2.08. The van der Waals surface area contributed by atoms with Crippen LogP contribution in [0, 0.1) is 13.8 Å². The van der Waals surface area contributed by atoms with Gasteiger partial charge in [0, 0.05) is 5.69 Å². The summed E-state index contributed by atoms with van der Waals surface area (Å²) in [5.41, 5.74) is 6.89. The molecule has 0 unspecified atom stereocenters. The zero-order valence-electron chi connectivity index (χ0n) is 10.5. The van der Waals surface area contributed by atoms with Crippen LogP contribution in [0.25, 0.3) is 5.82 Å². The van der Waals surface area contributed by atoms with Crippen LogP contribution >= 0.6 is 0 Å². The Morgan fingerprint density at radius 1 is 1.33 bits per heavy atom. The number of carbonyl (C=O) groups excluding carboxylic acids is 1. The molecule has 2 heterocycles. The standard InChI is InChI=1S/C12H14N4O2/c1-7-5-4-6-9(14-7)16-8(2)15-10(11(16)13)12(17)18-3/h4-6H,13H2,1-3H3. The van der Waals surface area contributed by atoms with Crippen LogP contribution in [0.3, 0.4) is 0 Å². The molecule has 2 aromatic rings. The monoisotopic (exact) mass is 246 g/mol. The predicted molar refractivity (Wildman–Crippen MR) is 66.6 cm³/mol. The fourth-order valence-electron chi connectivity index (χ4n) is 1.74. The van der Waals surface area contributed by atoms with Crippen molar-refractivity contribution < 1.29 is 9.53 Å². The molecule has 0 aliphatic rings. The highest BCUT2D eigenvalue weighted by Gasteiger charge is 2.20. The number of rotatable bonds is 2. The van der Waals surface area contributed by atoms with E-state index in [9.17, 15) is 4.79 Å². The number of pyridine rings is 1. The molecule has 0 aliphatic heterocycles. The maximum absolute atomic E-state index is 11.5. The van der Waals surface area contributed by atoms with Gasteiger partial charge < -0.3 is 10.5 Å². The Bertz CT molecular complexity index is 604. The van der Waals surface area contributed by atoms with E-state index in [1.807, 2.05) is 19.1 Å². The van der Waals surface area contributed by atoms with E-state index in [0.29, 0.717) is 11.6 Å². The zero-order valence-corrected chi connectivity index (χ0v) is 10.5. The molecule has 2 N–H and O–H groups in total. The molecule has 0 atom stereocenters. The van der Waals surface area contributed by atoms with Crippen molar-refractivity contribution in [3.63, 3.8) is 0 Å². The number of esters is 1. The highest BCUT2D eigenvalue weighted by atomic mass is 16.5. The van der Waals surface area contributed by atoms with E-state index in [1.54, 1.807) is 17.6 Å². The molecule has 0 radical (unpaired) electrons. The Kier molecular flexibility index (Phi) is 3.01. The number of aromatic nitrogens is 3. The molecular weight excluding hydrogens is 232 g/mol. The third kappa shape index (κ3) is 1.92. The summed E-state index contributed by atoms with van der Waals surface area (Å²) in [6.45, 7) is 3.64. The molecule has 0 fully saturated rings. The number of carbonyl (C=O) groups is 1. The average Bonchev–Trinajstić information content (AvgIpc) is 2.64.